The molecule has 0 amide bonds. The maximum Gasteiger partial charge on any atom is 0.0628 e. The molecule has 0 bridgehead atoms. The fraction of sp³-hybridized carbons (Fsp3) is 0.871. The van der Waals surface area contributed by atoms with Gasteiger partial charge >= 0.3 is 0 Å². The lowest BCUT2D eigenvalue weighted by Gasteiger charge is -2.64. The van der Waals surface area contributed by atoms with Crippen LogP contribution in [0.1, 0.15) is 113 Å². The normalized spacial score (nSPS) is 46.1. The molecule has 1 N–H and O–H groups in total. The van der Waals surface area contributed by atoms with Gasteiger partial charge in [-0.3, -0.25) is 0 Å². The quantitative estimate of drug-likeness (QED) is 0.424. The minimum Gasteiger partial charge on any atom is -0.392 e. The summed E-state index contributed by atoms with van der Waals surface area (Å²) in [5.41, 5.74) is 4.17. The van der Waals surface area contributed by atoms with E-state index in [0.29, 0.717) is 16.7 Å². The van der Waals surface area contributed by atoms with Crippen molar-refractivity contribution >= 4 is 0 Å². The van der Waals surface area contributed by atoms with Crippen LogP contribution >= 0.6 is 0 Å². The molecule has 0 radical (unpaired) electrons. The van der Waals surface area contributed by atoms with E-state index in [1.165, 1.54) is 56.9 Å². The third kappa shape index (κ3) is 3.34. The molecule has 1 nitrogen and oxygen atoms in total. The number of fused-ring (bicyclic) bond motifs is 5. The number of allylic oxidation sites excluding steroid dienone is 2. The Bertz CT molecular complexity index is 773. The molecule has 32 heavy (non-hydrogen) atoms. The minimum atomic E-state index is -0.180. The van der Waals surface area contributed by atoms with E-state index in [4.69, 9.17) is 0 Å². The second kappa shape index (κ2) is 8.00. The van der Waals surface area contributed by atoms with Crippen LogP contribution in [0.25, 0.3) is 0 Å². The molecular formula is C31H52O. The highest BCUT2D eigenvalue weighted by atomic mass is 16.3. The highest BCUT2D eigenvalue weighted by molar-refractivity contribution is 5.32. The predicted molar refractivity (Wildman–Crippen MR) is 137 cm³/mol. The average Bonchev–Trinajstić information content (AvgIpc) is 3.00. The summed E-state index contributed by atoms with van der Waals surface area (Å²) in [5.74, 6) is 3.87. The van der Waals surface area contributed by atoms with Crippen molar-refractivity contribution < 1.29 is 5.11 Å². The van der Waals surface area contributed by atoms with Crippen molar-refractivity contribution in [3.8, 4) is 0 Å². The van der Waals surface area contributed by atoms with Crippen LogP contribution in [-0.4, -0.2) is 11.2 Å². The highest BCUT2D eigenvalue weighted by Gasteiger charge is 2.65. The molecule has 3 fully saturated rings. The van der Waals surface area contributed by atoms with Crippen molar-refractivity contribution in [2.75, 3.05) is 0 Å². The lowest BCUT2D eigenvalue weighted by atomic mass is 9.40. The van der Waals surface area contributed by atoms with Gasteiger partial charge in [-0.1, -0.05) is 79.2 Å². The van der Waals surface area contributed by atoms with Crippen LogP contribution in [-0.2, 0) is 0 Å². The first-order valence-electron chi connectivity index (χ1n) is 13.9. The average molecular weight is 441 g/mol. The molecule has 0 unspecified atom stereocenters. The highest BCUT2D eigenvalue weighted by Crippen LogP contribution is 2.73. The maximum atomic E-state index is 10.8. The molecule has 0 aromatic rings. The monoisotopic (exact) mass is 440 g/mol. The van der Waals surface area contributed by atoms with Gasteiger partial charge in [0, 0.05) is 5.41 Å². The van der Waals surface area contributed by atoms with Crippen LogP contribution in [0.15, 0.2) is 23.8 Å². The van der Waals surface area contributed by atoms with Gasteiger partial charge in [0.1, 0.15) is 0 Å². The van der Waals surface area contributed by atoms with Gasteiger partial charge in [-0.15, -0.1) is 0 Å². The summed E-state index contributed by atoms with van der Waals surface area (Å²) >= 11 is 0. The Morgan fingerprint density at radius 3 is 2.28 bits per heavy atom. The van der Waals surface area contributed by atoms with E-state index in [1.54, 1.807) is 5.57 Å². The van der Waals surface area contributed by atoms with Crippen molar-refractivity contribution in [1.29, 1.82) is 0 Å². The van der Waals surface area contributed by atoms with Crippen LogP contribution in [0.5, 0.6) is 0 Å². The molecular weight excluding hydrogens is 388 g/mol. The first kappa shape index (κ1) is 24.6. The molecule has 0 spiro atoms. The number of rotatable bonds is 5. The molecule has 0 aromatic heterocycles. The van der Waals surface area contributed by atoms with Crippen LogP contribution in [0.3, 0.4) is 0 Å². The van der Waals surface area contributed by atoms with Gasteiger partial charge in [-0.05, 0) is 104 Å². The molecule has 4 rings (SSSR count). The van der Waals surface area contributed by atoms with Gasteiger partial charge in [0.25, 0.3) is 0 Å². The van der Waals surface area contributed by atoms with Crippen molar-refractivity contribution in [1.82, 2.24) is 0 Å². The molecule has 1 heteroatoms. The van der Waals surface area contributed by atoms with Gasteiger partial charge in [-0.25, -0.2) is 0 Å². The summed E-state index contributed by atoms with van der Waals surface area (Å²) in [5, 5.41) is 10.8. The Morgan fingerprint density at radius 2 is 1.62 bits per heavy atom. The Balaban J connectivity index is 1.59. The van der Waals surface area contributed by atoms with Crippen molar-refractivity contribution in [3.05, 3.63) is 23.8 Å². The molecule has 182 valence electrons. The fourth-order valence-electron chi connectivity index (χ4n) is 9.64. The fourth-order valence-corrected chi connectivity index (χ4v) is 9.64. The molecule has 0 heterocycles. The first-order valence-corrected chi connectivity index (χ1v) is 13.9. The largest absolute Gasteiger partial charge is 0.392 e. The first-order chi connectivity index (χ1) is 14.8. The van der Waals surface area contributed by atoms with E-state index in [2.05, 4.69) is 68.0 Å². The van der Waals surface area contributed by atoms with Crippen molar-refractivity contribution in [2.24, 2.45) is 51.2 Å². The predicted octanol–water partition coefficient (Wildman–Crippen LogP) is 8.58. The Morgan fingerprint density at radius 1 is 0.969 bits per heavy atom. The van der Waals surface area contributed by atoms with E-state index in [0.717, 1.165) is 30.1 Å². The topological polar surface area (TPSA) is 20.2 Å². The van der Waals surface area contributed by atoms with Crippen LogP contribution in [0.4, 0.5) is 0 Å². The summed E-state index contributed by atoms with van der Waals surface area (Å²) in [6.07, 6.45) is 14.0. The molecule has 0 aliphatic heterocycles. The minimum absolute atomic E-state index is 0.0643. The van der Waals surface area contributed by atoms with Gasteiger partial charge in [0.15, 0.2) is 0 Å². The zero-order valence-electron chi connectivity index (χ0n) is 22.6. The van der Waals surface area contributed by atoms with E-state index >= 15 is 0 Å². The van der Waals surface area contributed by atoms with Gasteiger partial charge in [-0.2, -0.15) is 0 Å². The third-order valence-corrected chi connectivity index (χ3v) is 12.3. The molecule has 0 aromatic carbocycles. The number of hydrogen-bond donors (Lipinski definition) is 1. The summed E-state index contributed by atoms with van der Waals surface area (Å²) in [7, 11) is 0. The summed E-state index contributed by atoms with van der Waals surface area (Å²) < 4.78 is 0. The maximum absolute atomic E-state index is 10.8. The lowest BCUT2D eigenvalue weighted by molar-refractivity contribution is -0.124. The van der Waals surface area contributed by atoms with Gasteiger partial charge < -0.3 is 5.11 Å². The Hall–Kier alpha value is -0.560. The zero-order valence-corrected chi connectivity index (χ0v) is 22.6. The van der Waals surface area contributed by atoms with Gasteiger partial charge in [0.2, 0.25) is 0 Å². The van der Waals surface area contributed by atoms with Crippen molar-refractivity contribution in [2.45, 2.75) is 119 Å². The number of aliphatic hydroxyl groups excluding tert-OH is 1. The standard InChI is InChI=1S/C31H52O/c1-20(2)21(3)10-11-22(4)23-14-18-31(9)25-12-13-26-28(5,6)27(32)16-17-29(26,7)24(25)15-19-30(23,31)8/h13,20,22-25,27,32H,3,10-12,14-19H2,1-2,4-9H3/t22-,23-,24-,25+,27-,29+,30-,31+/m0/s1. The second-order valence-corrected chi connectivity index (χ2v) is 14.1. The number of hydrogen-bond acceptors (Lipinski definition) is 1. The van der Waals surface area contributed by atoms with E-state index in [9.17, 15) is 5.11 Å². The summed E-state index contributed by atoms with van der Waals surface area (Å²) in [4.78, 5) is 0. The van der Waals surface area contributed by atoms with Crippen LogP contribution in [0.2, 0.25) is 0 Å². The van der Waals surface area contributed by atoms with Crippen LogP contribution < -0.4 is 0 Å². The summed E-state index contributed by atoms with van der Waals surface area (Å²) in [6.45, 7) is 24.0. The van der Waals surface area contributed by atoms with E-state index in [-0.39, 0.29) is 16.9 Å². The molecule has 4 aliphatic carbocycles. The summed E-state index contributed by atoms with van der Waals surface area (Å²) in [6, 6.07) is 0. The number of aliphatic hydroxyl groups is 1. The molecule has 8 atom stereocenters. The Kier molecular flexibility index (Phi) is 6.14. The van der Waals surface area contributed by atoms with Gasteiger partial charge in [0.05, 0.1) is 6.10 Å². The SMILES string of the molecule is C=C(CC[C@H](C)[C@@H]1CC[C@]2(C)[C@@H]3CC=C4C(C)(C)[C@@H](O)CC[C@]4(C)[C@H]3CC[C@@]12C)C(C)C. The molecule has 0 saturated heterocycles. The molecule has 4 aliphatic rings. The second-order valence-electron chi connectivity index (χ2n) is 14.1. The van der Waals surface area contributed by atoms with E-state index < -0.39 is 0 Å². The smallest absolute Gasteiger partial charge is 0.0628 e. The lowest BCUT2D eigenvalue weighted by Crippen LogP contribution is -2.57. The van der Waals surface area contributed by atoms with Crippen molar-refractivity contribution in [3.63, 3.8) is 0 Å². The molecule has 3 saturated carbocycles. The van der Waals surface area contributed by atoms with Crippen LogP contribution in [0, 0.1) is 51.2 Å². The Labute approximate surface area is 199 Å². The zero-order chi connectivity index (χ0) is 23.7. The third-order valence-electron chi connectivity index (χ3n) is 12.3. The van der Waals surface area contributed by atoms with E-state index in [1.807, 2.05) is 0 Å².